The Hall–Kier alpha value is -2.40. The minimum atomic E-state index is -0.888. The summed E-state index contributed by atoms with van der Waals surface area (Å²) in [5, 5.41) is 11.2. The zero-order chi connectivity index (χ0) is 15.1. The maximum absolute atomic E-state index is 11.1. The number of aromatic carboxylic acids is 1. The van der Waals surface area contributed by atoms with E-state index in [0.29, 0.717) is 5.56 Å². The minimum Gasteiger partial charge on any atom is -0.478 e. The molecule has 4 rings (SSSR count). The molecule has 2 aromatic heterocycles. The van der Waals surface area contributed by atoms with Gasteiger partial charge in [0, 0.05) is 25.0 Å². The lowest BCUT2D eigenvalue weighted by molar-refractivity contribution is 0.0697. The molecule has 0 saturated carbocycles. The first-order chi connectivity index (χ1) is 10.7. The molecular formula is C17H14N2O2S. The first-order valence-electron chi connectivity index (χ1n) is 7.14. The second-order valence-corrected chi connectivity index (χ2v) is 6.34. The molecule has 4 nitrogen and oxygen atoms in total. The number of hydrogen-bond acceptors (Lipinski definition) is 4. The van der Waals surface area contributed by atoms with E-state index >= 15 is 0 Å². The quantitative estimate of drug-likeness (QED) is 0.786. The number of hydrogen-bond donors (Lipinski definition) is 1. The maximum Gasteiger partial charge on any atom is 0.335 e. The van der Waals surface area contributed by atoms with Gasteiger partial charge in [-0.2, -0.15) is 0 Å². The first kappa shape index (κ1) is 13.3. The molecule has 1 aliphatic rings. The highest BCUT2D eigenvalue weighted by Crippen LogP contribution is 2.31. The van der Waals surface area contributed by atoms with Crippen LogP contribution >= 0.6 is 11.3 Å². The summed E-state index contributed by atoms with van der Waals surface area (Å²) in [7, 11) is 0. The van der Waals surface area contributed by atoms with E-state index in [4.69, 9.17) is 5.11 Å². The number of rotatable bonds is 2. The van der Waals surface area contributed by atoms with E-state index < -0.39 is 5.97 Å². The number of nitrogens with zero attached hydrogens (tertiary/aromatic N) is 2. The van der Waals surface area contributed by atoms with E-state index in [-0.39, 0.29) is 0 Å². The summed E-state index contributed by atoms with van der Waals surface area (Å²) in [6, 6.07) is 9.19. The molecule has 0 saturated heterocycles. The molecule has 110 valence electrons. The molecule has 0 radical (unpaired) electrons. The van der Waals surface area contributed by atoms with Gasteiger partial charge in [-0.1, -0.05) is 6.07 Å². The fourth-order valence-electron chi connectivity index (χ4n) is 3.00. The van der Waals surface area contributed by atoms with E-state index in [1.54, 1.807) is 29.5 Å². The van der Waals surface area contributed by atoms with Crippen LogP contribution in [0.5, 0.6) is 0 Å². The van der Waals surface area contributed by atoms with Crippen LogP contribution in [-0.4, -0.2) is 22.6 Å². The number of thiophene rings is 1. The van der Waals surface area contributed by atoms with E-state index in [2.05, 4.69) is 21.3 Å². The van der Waals surface area contributed by atoms with Gasteiger partial charge in [0.1, 0.15) is 0 Å². The Morgan fingerprint density at radius 1 is 1.32 bits per heavy atom. The summed E-state index contributed by atoms with van der Waals surface area (Å²) in [6.45, 7) is 1.67. The Balaban J connectivity index is 1.69. The van der Waals surface area contributed by atoms with E-state index in [1.165, 1.54) is 15.8 Å². The lowest BCUT2D eigenvalue weighted by Crippen LogP contribution is -2.30. The van der Waals surface area contributed by atoms with Crippen molar-refractivity contribution in [3.8, 4) is 0 Å². The predicted octanol–water partition coefficient (Wildman–Crippen LogP) is 3.56. The molecular weight excluding hydrogens is 296 g/mol. The van der Waals surface area contributed by atoms with Crippen molar-refractivity contribution >= 4 is 33.2 Å². The number of aromatic nitrogens is 1. The van der Waals surface area contributed by atoms with Gasteiger partial charge in [-0.05, 0) is 47.2 Å². The van der Waals surface area contributed by atoms with Gasteiger partial charge >= 0.3 is 5.97 Å². The third-order valence-electron chi connectivity index (χ3n) is 4.12. The number of fused-ring (bicyclic) bond motifs is 3. The second-order valence-electron chi connectivity index (χ2n) is 5.42. The van der Waals surface area contributed by atoms with Crippen molar-refractivity contribution < 1.29 is 9.90 Å². The van der Waals surface area contributed by atoms with Crippen LogP contribution in [0.2, 0.25) is 0 Å². The Labute approximate surface area is 131 Å². The molecule has 0 atom stereocenters. The standard InChI is InChI=1S/C17H14N2O2S/c20-17(21)11-2-1-3-13(8-11)19-6-4-14-12(10-19)9-18-15-5-7-22-16(14)15/h1-3,5,7-9H,4,6,10H2,(H,20,21). The van der Waals surface area contributed by atoms with Crippen LogP contribution in [0.3, 0.4) is 0 Å². The fourth-order valence-corrected chi connectivity index (χ4v) is 3.95. The lowest BCUT2D eigenvalue weighted by Gasteiger charge is -2.31. The highest BCUT2D eigenvalue weighted by molar-refractivity contribution is 7.17. The van der Waals surface area contributed by atoms with Crippen LogP contribution < -0.4 is 4.90 Å². The molecule has 0 fully saturated rings. The van der Waals surface area contributed by atoms with E-state index in [9.17, 15) is 4.79 Å². The van der Waals surface area contributed by atoms with Crippen molar-refractivity contribution in [2.24, 2.45) is 0 Å². The van der Waals surface area contributed by atoms with Gasteiger partial charge in [-0.15, -0.1) is 11.3 Å². The van der Waals surface area contributed by atoms with E-state index in [1.807, 2.05) is 12.3 Å². The zero-order valence-corrected chi connectivity index (χ0v) is 12.6. The molecule has 0 unspecified atom stereocenters. The molecule has 1 aliphatic heterocycles. The number of carboxylic acid groups (broad SMARTS) is 1. The van der Waals surface area contributed by atoms with Gasteiger partial charge in [-0.3, -0.25) is 4.98 Å². The molecule has 1 N–H and O–H groups in total. The Morgan fingerprint density at radius 3 is 3.09 bits per heavy atom. The van der Waals surface area contributed by atoms with Gasteiger partial charge in [0.15, 0.2) is 0 Å². The van der Waals surface area contributed by atoms with Gasteiger partial charge in [0.25, 0.3) is 0 Å². The second kappa shape index (κ2) is 5.10. The van der Waals surface area contributed by atoms with Gasteiger partial charge in [0.2, 0.25) is 0 Å². The molecule has 22 heavy (non-hydrogen) atoms. The SMILES string of the molecule is O=C(O)c1cccc(N2CCc3c(cnc4ccsc34)C2)c1. The normalized spacial score (nSPS) is 14.1. The highest BCUT2D eigenvalue weighted by atomic mass is 32.1. The number of carbonyl (C=O) groups is 1. The van der Waals surface area contributed by atoms with Crippen LogP contribution in [0.1, 0.15) is 21.5 Å². The monoisotopic (exact) mass is 310 g/mol. The van der Waals surface area contributed by atoms with Crippen molar-refractivity contribution in [2.45, 2.75) is 13.0 Å². The summed E-state index contributed by atoms with van der Waals surface area (Å²) >= 11 is 1.75. The average Bonchev–Trinajstić information content (AvgIpc) is 3.03. The van der Waals surface area contributed by atoms with Crippen molar-refractivity contribution in [3.63, 3.8) is 0 Å². The third kappa shape index (κ3) is 2.14. The van der Waals surface area contributed by atoms with Gasteiger partial charge in [0.05, 0.1) is 15.8 Å². The summed E-state index contributed by atoms with van der Waals surface area (Å²) in [5.74, 6) is -0.888. The fraction of sp³-hybridized carbons (Fsp3) is 0.176. The predicted molar refractivity (Wildman–Crippen MR) is 87.8 cm³/mol. The Morgan fingerprint density at radius 2 is 2.23 bits per heavy atom. The smallest absolute Gasteiger partial charge is 0.335 e. The largest absolute Gasteiger partial charge is 0.478 e. The molecule has 5 heteroatoms. The van der Waals surface area contributed by atoms with Crippen LogP contribution in [0, 0.1) is 0 Å². The highest BCUT2D eigenvalue weighted by Gasteiger charge is 2.20. The zero-order valence-electron chi connectivity index (χ0n) is 11.8. The summed E-state index contributed by atoms with van der Waals surface area (Å²) < 4.78 is 1.29. The number of benzene rings is 1. The number of carboxylic acids is 1. The third-order valence-corrected chi connectivity index (χ3v) is 5.08. The molecule has 0 bridgehead atoms. The molecule has 0 amide bonds. The molecule has 0 aliphatic carbocycles. The first-order valence-corrected chi connectivity index (χ1v) is 8.02. The number of anilines is 1. The molecule has 0 spiro atoms. The van der Waals surface area contributed by atoms with Gasteiger partial charge in [-0.25, -0.2) is 4.79 Å². The van der Waals surface area contributed by atoms with Crippen LogP contribution in [-0.2, 0) is 13.0 Å². The summed E-state index contributed by atoms with van der Waals surface area (Å²) in [4.78, 5) is 17.9. The van der Waals surface area contributed by atoms with Crippen molar-refractivity contribution in [3.05, 3.63) is 58.6 Å². The average molecular weight is 310 g/mol. The van der Waals surface area contributed by atoms with Crippen molar-refractivity contribution in [1.82, 2.24) is 4.98 Å². The summed E-state index contributed by atoms with van der Waals surface area (Å²) in [6.07, 6.45) is 2.92. The van der Waals surface area contributed by atoms with Crippen molar-refractivity contribution in [1.29, 1.82) is 0 Å². The molecule has 3 heterocycles. The summed E-state index contributed by atoms with van der Waals surface area (Å²) in [5.41, 5.74) is 4.99. The lowest BCUT2D eigenvalue weighted by atomic mass is 10.0. The maximum atomic E-state index is 11.1. The molecule has 1 aromatic carbocycles. The molecule has 3 aromatic rings. The Kier molecular flexibility index (Phi) is 3.08. The van der Waals surface area contributed by atoms with E-state index in [0.717, 1.165) is 30.7 Å². The number of pyridine rings is 1. The topological polar surface area (TPSA) is 53.4 Å². The Bertz CT molecular complexity index is 872. The minimum absolute atomic E-state index is 0.329. The van der Waals surface area contributed by atoms with Crippen LogP contribution in [0.4, 0.5) is 5.69 Å². The van der Waals surface area contributed by atoms with Crippen LogP contribution in [0.25, 0.3) is 10.2 Å². The van der Waals surface area contributed by atoms with Crippen molar-refractivity contribution in [2.75, 3.05) is 11.4 Å². The van der Waals surface area contributed by atoms with Crippen LogP contribution in [0.15, 0.2) is 41.9 Å². The van der Waals surface area contributed by atoms with Gasteiger partial charge < -0.3 is 10.0 Å².